The highest BCUT2D eigenvalue weighted by molar-refractivity contribution is 6.03. The summed E-state index contributed by atoms with van der Waals surface area (Å²) in [5, 5.41) is 0. The van der Waals surface area contributed by atoms with Gasteiger partial charge in [-0.15, -0.1) is 0 Å². The second-order valence-electron chi connectivity index (χ2n) is 21.4. The van der Waals surface area contributed by atoms with Crippen LogP contribution >= 0.6 is 0 Å². The minimum absolute atomic E-state index is 0.0132. The van der Waals surface area contributed by atoms with Crippen molar-refractivity contribution in [2.45, 2.75) is 76.0 Å². The number of benzene rings is 9. The van der Waals surface area contributed by atoms with Crippen molar-refractivity contribution in [1.82, 2.24) is 0 Å². The molecular weight excluding hydrogens is 807 g/mol. The van der Waals surface area contributed by atoms with Crippen molar-refractivity contribution in [3.8, 4) is 55.6 Å². The number of rotatable bonds is 5. The van der Waals surface area contributed by atoms with Crippen LogP contribution in [-0.4, -0.2) is 0 Å². The Morgan fingerprint density at radius 1 is 0.328 bits per heavy atom. The SMILES string of the molecule is CC1(C)CCC(C)(C)c2c1ccc(-c1ccccc1)c2-c1cc2c(cc1N(c1ccccc1)c1ccc3c(c1)C(C)(C)c1ccccc1-3)C1(c3ccccc3-c3ccccc31)c1ccccc1-2. The number of hydrogen-bond donors (Lipinski definition) is 0. The lowest BCUT2D eigenvalue weighted by Gasteiger charge is -2.44. The summed E-state index contributed by atoms with van der Waals surface area (Å²) in [5.74, 6) is 0. The summed E-state index contributed by atoms with van der Waals surface area (Å²) >= 11 is 0. The van der Waals surface area contributed by atoms with Crippen LogP contribution < -0.4 is 4.90 Å². The number of fused-ring (bicyclic) bond motifs is 14. The normalized spacial score (nSPS) is 16.6. The first kappa shape index (κ1) is 40.1. The molecule has 13 rings (SSSR count). The summed E-state index contributed by atoms with van der Waals surface area (Å²) in [4.78, 5) is 2.60. The molecule has 324 valence electrons. The molecule has 0 heterocycles. The zero-order chi connectivity index (χ0) is 45.5. The highest BCUT2D eigenvalue weighted by Crippen LogP contribution is 2.65. The molecule has 4 aliphatic rings. The summed E-state index contributed by atoms with van der Waals surface area (Å²) in [6.07, 6.45) is 2.26. The lowest BCUT2D eigenvalue weighted by molar-refractivity contribution is 0.333. The van der Waals surface area contributed by atoms with E-state index in [2.05, 4.69) is 247 Å². The molecule has 0 saturated heterocycles. The molecule has 67 heavy (non-hydrogen) atoms. The van der Waals surface area contributed by atoms with Gasteiger partial charge in [-0.1, -0.05) is 205 Å². The van der Waals surface area contributed by atoms with Gasteiger partial charge in [0.15, 0.2) is 0 Å². The minimum atomic E-state index is -0.504. The van der Waals surface area contributed by atoms with E-state index in [1.165, 1.54) is 106 Å². The first-order chi connectivity index (χ1) is 32.5. The average molecular weight is 862 g/mol. The lowest BCUT2D eigenvalue weighted by atomic mass is 9.60. The predicted octanol–water partition coefficient (Wildman–Crippen LogP) is 17.5. The van der Waals surface area contributed by atoms with Gasteiger partial charge in [0.1, 0.15) is 0 Å². The fourth-order valence-corrected chi connectivity index (χ4v) is 13.2. The van der Waals surface area contributed by atoms with Gasteiger partial charge < -0.3 is 4.90 Å². The van der Waals surface area contributed by atoms with Crippen LogP contribution in [0.2, 0.25) is 0 Å². The molecule has 0 aromatic heterocycles. The molecule has 0 unspecified atom stereocenters. The number of hydrogen-bond acceptors (Lipinski definition) is 1. The smallest absolute Gasteiger partial charge is 0.0726 e. The van der Waals surface area contributed by atoms with E-state index in [0.29, 0.717) is 0 Å². The highest BCUT2D eigenvalue weighted by Gasteiger charge is 2.52. The van der Waals surface area contributed by atoms with E-state index >= 15 is 0 Å². The van der Waals surface area contributed by atoms with Crippen LogP contribution in [0.4, 0.5) is 17.1 Å². The van der Waals surface area contributed by atoms with E-state index < -0.39 is 5.41 Å². The van der Waals surface area contributed by atoms with Gasteiger partial charge in [-0.05, 0) is 155 Å². The zero-order valence-corrected chi connectivity index (χ0v) is 39.4. The second-order valence-corrected chi connectivity index (χ2v) is 21.4. The largest absolute Gasteiger partial charge is 0.310 e. The molecule has 0 amide bonds. The number of nitrogens with zero attached hydrogens (tertiary/aromatic N) is 1. The van der Waals surface area contributed by atoms with Crippen molar-refractivity contribution >= 4 is 17.1 Å². The molecule has 9 aromatic carbocycles. The van der Waals surface area contributed by atoms with Gasteiger partial charge in [0.25, 0.3) is 0 Å². The molecule has 4 aliphatic carbocycles. The quantitative estimate of drug-likeness (QED) is 0.167. The summed E-state index contributed by atoms with van der Waals surface area (Å²) < 4.78 is 0. The van der Waals surface area contributed by atoms with Gasteiger partial charge in [0.05, 0.1) is 11.1 Å². The number of anilines is 3. The van der Waals surface area contributed by atoms with Crippen LogP contribution in [0.3, 0.4) is 0 Å². The summed E-state index contributed by atoms with van der Waals surface area (Å²) in [6.45, 7) is 14.7. The zero-order valence-electron chi connectivity index (χ0n) is 39.4. The third kappa shape index (κ3) is 5.49. The van der Waals surface area contributed by atoms with E-state index in [0.717, 1.165) is 24.2 Å². The van der Waals surface area contributed by atoms with Crippen LogP contribution in [0, 0.1) is 0 Å². The third-order valence-electron chi connectivity index (χ3n) is 16.5. The lowest BCUT2D eigenvalue weighted by Crippen LogP contribution is -2.34. The first-order valence-corrected chi connectivity index (χ1v) is 24.3. The van der Waals surface area contributed by atoms with Gasteiger partial charge in [-0.2, -0.15) is 0 Å². The van der Waals surface area contributed by atoms with Crippen LogP contribution in [0.15, 0.2) is 200 Å². The van der Waals surface area contributed by atoms with E-state index in [1.54, 1.807) is 0 Å². The second kappa shape index (κ2) is 14.1. The monoisotopic (exact) mass is 861 g/mol. The Kier molecular flexibility index (Phi) is 8.46. The van der Waals surface area contributed by atoms with E-state index in [1.807, 2.05) is 0 Å². The summed E-state index contributed by atoms with van der Waals surface area (Å²) in [5.41, 5.74) is 26.9. The Labute approximate surface area is 396 Å². The van der Waals surface area contributed by atoms with Gasteiger partial charge in [-0.3, -0.25) is 0 Å². The molecule has 0 radical (unpaired) electrons. The van der Waals surface area contributed by atoms with Crippen molar-refractivity contribution in [2.24, 2.45) is 0 Å². The van der Waals surface area contributed by atoms with Crippen molar-refractivity contribution in [1.29, 1.82) is 0 Å². The van der Waals surface area contributed by atoms with Crippen LogP contribution in [0.25, 0.3) is 55.6 Å². The topological polar surface area (TPSA) is 3.24 Å². The maximum atomic E-state index is 2.64. The molecule has 0 saturated carbocycles. The molecule has 1 spiro atoms. The summed E-state index contributed by atoms with van der Waals surface area (Å²) in [7, 11) is 0. The Hall–Kier alpha value is -7.22. The van der Waals surface area contributed by atoms with E-state index in [4.69, 9.17) is 0 Å². The molecule has 0 bridgehead atoms. The first-order valence-electron chi connectivity index (χ1n) is 24.3. The third-order valence-corrected chi connectivity index (χ3v) is 16.5. The minimum Gasteiger partial charge on any atom is -0.310 e. The molecule has 0 aliphatic heterocycles. The average Bonchev–Trinajstić information content (AvgIpc) is 3.91. The molecule has 1 heteroatoms. The Morgan fingerprint density at radius 3 is 1.45 bits per heavy atom. The predicted molar refractivity (Wildman–Crippen MR) is 281 cm³/mol. The van der Waals surface area contributed by atoms with E-state index in [-0.39, 0.29) is 16.2 Å². The van der Waals surface area contributed by atoms with Crippen LogP contribution in [0.5, 0.6) is 0 Å². The van der Waals surface area contributed by atoms with Gasteiger partial charge >= 0.3 is 0 Å². The fourth-order valence-electron chi connectivity index (χ4n) is 13.2. The van der Waals surface area contributed by atoms with Gasteiger partial charge in [0.2, 0.25) is 0 Å². The van der Waals surface area contributed by atoms with Crippen LogP contribution in [0.1, 0.15) is 98.9 Å². The van der Waals surface area contributed by atoms with Crippen molar-refractivity contribution in [3.05, 3.63) is 245 Å². The van der Waals surface area contributed by atoms with E-state index in [9.17, 15) is 0 Å². The molecule has 1 nitrogen and oxygen atoms in total. The molecule has 0 N–H and O–H groups in total. The number of para-hydroxylation sites is 1. The molecule has 9 aromatic rings. The van der Waals surface area contributed by atoms with Crippen LogP contribution in [-0.2, 0) is 21.7 Å². The fraction of sp³-hybridized carbons (Fsp3) is 0.182. The van der Waals surface area contributed by atoms with Gasteiger partial charge in [0, 0.05) is 22.4 Å². The molecule has 0 fully saturated rings. The van der Waals surface area contributed by atoms with Crippen molar-refractivity contribution < 1.29 is 0 Å². The van der Waals surface area contributed by atoms with Crippen molar-refractivity contribution in [3.63, 3.8) is 0 Å². The standard InChI is InChI=1S/C66H55N/c1-63(2)37-38-64(3,4)62-57(63)36-35-45(42-21-9-7-10-22-42)61(62)52-40-51-49-28-16-20-32-56(49)66(54-30-18-14-26-47(54)48-27-15-19-31-55(48)66)59(51)41-60(52)67(43-23-11-8-12-24-43)44-33-34-50-46-25-13-17-29-53(46)65(5,6)58(50)39-44/h7-36,39-41H,37-38H2,1-6H3. The Balaban J connectivity index is 1.21. The Morgan fingerprint density at radius 2 is 0.821 bits per heavy atom. The maximum Gasteiger partial charge on any atom is 0.0726 e. The summed E-state index contributed by atoms with van der Waals surface area (Å²) in [6, 6.07) is 76.5. The van der Waals surface area contributed by atoms with Gasteiger partial charge in [-0.25, -0.2) is 0 Å². The highest BCUT2D eigenvalue weighted by atomic mass is 15.1. The molecule has 0 atom stereocenters. The molecular formula is C66H55N. The van der Waals surface area contributed by atoms with Crippen molar-refractivity contribution in [2.75, 3.05) is 4.90 Å². The maximum absolute atomic E-state index is 2.64. The Bertz CT molecular complexity index is 3450.